The van der Waals surface area contributed by atoms with Gasteiger partial charge in [0.15, 0.2) is 0 Å². The summed E-state index contributed by atoms with van der Waals surface area (Å²) < 4.78 is 0.777. The van der Waals surface area contributed by atoms with Gasteiger partial charge in [0, 0.05) is 15.6 Å². The molecule has 2 amide bonds. The summed E-state index contributed by atoms with van der Waals surface area (Å²) in [7, 11) is 0. The Balaban J connectivity index is 1.60. The second-order valence-electron chi connectivity index (χ2n) is 5.71. The molecule has 0 aliphatic heterocycles. The number of nitrogens with zero attached hydrogens (tertiary/aromatic N) is 1. The highest BCUT2D eigenvalue weighted by molar-refractivity contribution is 9.10. The van der Waals surface area contributed by atoms with E-state index >= 15 is 0 Å². The zero-order valence-corrected chi connectivity index (χ0v) is 15.7. The van der Waals surface area contributed by atoms with Gasteiger partial charge in [-0.2, -0.15) is 5.10 Å². The molecule has 0 saturated carbocycles. The van der Waals surface area contributed by atoms with Gasteiger partial charge in [0.25, 0.3) is 11.8 Å². The molecule has 0 bridgehead atoms. The van der Waals surface area contributed by atoms with Gasteiger partial charge in [-0.1, -0.05) is 52.3 Å². The Morgan fingerprint density at radius 2 is 1.89 bits per heavy atom. The quantitative estimate of drug-likeness (QED) is 0.433. The summed E-state index contributed by atoms with van der Waals surface area (Å²) in [4.78, 5) is 23.9. The number of benzene rings is 3. The minimum absolute atomic E-state index is 0.0645. The fourth-order valence-electron chi connectivity index (χ4n) is 2.52. The first-order valence-electron chi connectivity index (χ1n) is 8.11. The number of phenolic OH excluding ortho intramolecular Hbond substituents is 1. The highest BCUT2D eigenvalue weighted by Gasteiger charge is 2.08. The van der Waals surface area contributed by atoms with E-state index in [9.17, 15) is 14.7 Å². The van der Waals surface area contributed by atoms with Crippen molar-refractivity contribution >= 4 is 44.7 Å². The molecule has 0 saturated heterocycles. The number of fused-ring (bicyclic) bond motifs is 1. The standard InChI is InChI=1S/C20H16BrN3O3/c21-15-6-3-5-14(10-15)20(27)22-12-19(26)24-23-11-17-16-7-2-1-4-13(16)8-9-18(17)25/h1-11,25H,12H2,(H,22,27)(H,24,26). The Bertz CT molecular complexity index is 1030. The minimum Gasteiger partial charge on any atom is -0.507 e. The molecule has 3 aromatic rings. The maximum absolute atomic E-state index is 12.0. The van der Waals surface area contributed by atoms with Crippen LogP contribution in [-0.2, 0) is 4.79 Å². The van der Waals surface area contributed by atoms with E-state index in [1.54, 1.807) is 36.4 Å². The van der Waals surface area contributed by atoms with E-state index in [1.165, 1.54) is 6.21 Å². The van der Waals surface area contributed by atoms with E-state index in [0.29, 0.717) is 11.1 Å². The Kier molecular flexibility index (Phi) is 5.83. The van der Waals surface area contributed by atoms with Crippen LogP contribution in [-0.4, -0.2) is 29.7 Å². The highest BCUT2D eigenvalue weighted by atomic mass is 79.9. The van der Waals surface area contributed by atoms with Gasteiger partial charge in [-0.25, -0.2) is 5.43 Å². The highest BCUT2D eigenvalue weighted by Crippen LogP contribution is 2.25. The van der Waals surface area contributed by atoms with E-state index in [2.05, 4.69) is 31.8 Å². The van der Waals surface area contributed by atoms with Crippen LogP contribution >= 0.6 is 15.9 Å². The molecule has 0 atom stereocenters. The number of hydrogen-bond donors (Lipinski definition) is 3. The van der Waals surface area contributed by atoms with Gasteiger partial charge in [-0.05, 0) is 35.0 Å². The summed E-state index contributed by atoms with van der Waals surface area (Å²) in [5.74, 6) is -0.772. The molecule has 0 unspecified atom stereocenters. The number of phenols is 1. The monoisotopic (exact) mass is 425 g/mol. The largest absolute Gasteiger partial charge is 0.507 e. The first-order valence-corrected chi connectivity index (χ1v) is 8.90. The third-order valence-corrected chi connectivity index (χ3v) is 4.32. The van der Waals surface area contributed by atoms with Crippen LogP contribution in [0, 0.1) is 0 Å². The first-order chi connectivity index (χ1) is 13.0. The molecule has 136 valence electrons. The average Bonchev–Trinajstić information content (AvgIpc) is 2.68. The van der Waals surface area contributed by atoms with Gasteiger partial charge in [0.2, 0.25) is 0 Å². The molecule has 0 aliphatic rings. The van der Waals surface area contributed by atoms with Gasteiger partial charge in [0.05, 0.1) is 12.8 Å². The van der Waals surface area contributed by atoms with Crippen molar-refractivity contribution < 1.29 is 14.7 Å². The molecule has 7 heteroatoms. The van der Waals surface area contributed by atoms with E-state index in [-0.39, 0.29) is 18.2 Å². The molecular formula is C20H16BrN3O3. The summed E-state index contributed by atoms with van der Waals surface area (Å²) in [6.45, 7) is -0.218. The molecule has 0 heterocycles. The molecule has 0 aliphatic carbocycles. The zero-order chi connectivity index (χ0) is 19.2. The summed E-state index contributed by atoms with van der Waals surface area (Å²) in [5.41, 5.74) is 3.29. The molecule has 0 aromatic heterocycles. The Morgan fingerprint density at radius 3 is 2.70 bits per heavy atom. The number of nitrogens with one attached hydrogen (secondary N) is 2. The van der Waals surface area contributed by atoms with Crippen LogP contribution in [0.25, 0.3) is 10.8 Å². The first kappa shape index (κ1) is 18.6. The van der Waals surface area contributed by atoms with Gasteiger partial charge in [-0.15, -0.1) is 0 Å². The summed E-state index contributed by atoms with van der Waals surface area (Å²) >= 11 is 3.29. The van der Waals surface area contributed by atoms with Crippen LogP contribution in [0.1, 0.15) is 15.9 Å². The molecule has 0 fully saturated rings. The second kappa shape index (κ2) is 8.46. The molecule has 3 rings (SSSR count). The molecule has 0 spiro atoms. The lowest BCUT2D eigenvalue weighted by atomic mass is 10.0. The molecular weight excluding hydrogens is 410 g/mol. The van der Waals surface area contributed by atoms with Crippen molar-refractivity contribution in [3.8, 4) is 5.75 Å². The van der Waals surface area contributed by atoms with E-state index in [4.69, 9.17) is 0 Å². The second-order valence-corrected chi connectivity index (χ2v) is 6.62. The Labute approximate surface area is 164 Å². The lowest BCUT2D eigenvalue weighted by Crippen LogP contribution is -2.34. The van der Waals surface area contributed by atoms with Crippen molar-refractivity contribution in [3.63, 3.8) is 0 Å². The van der Waals surface area contributed by atoms with Crippen molar-refractivity contribution in [2.45, 2.75) is 0 Å². The Morgan fingerprint density at radius 1 is 1.07 bits per heavy atom. The van der Waals surface area contributed by atoms with E-state index < -0.39 is 5.91 Å². The molecule has 3 N–H and O–H groups in total. The maximum atomic E-state index is 12.0. The van der Waals surface area contributed by atoms with Crippen LogP contribution < -0.4 is 10.7 Å². The number of amides is 2. The zero-order valence-electron chi connectivity index (χ0n) is 14.1. The normalized spacial score (nSPS) is 10.9. The topological polar surface area (TPSA) is 90.8 Å². The predicted octanol–water partition coefficient (Wildman–Crippen LogP) is 3.19. The van der Waals surface area contributed by atoms with E-state index in [0.717, 1.165) is 15.2 Å². The van der Waals surface area contributed by atoms with Crippen molar-refractivity contribution in [1.82, 2.24) is 10.7 Å². The van der Waals surface area contributed by atoms with Crippen LogP contribution in [0.4, 0.5) is 0 Å². The number of carbonyl (C=O) groups excluding carboxylic acids is 2. The molecule has 0 radical (unpaired) electrons. The summed E-state index contributed by atoms with van der Waals surface area (Å²) in [6.07, 6.45) is 1.38. The number of hydrogen-bond acceptors (Lipinski definition) is 4. The lowest BCUT2D eigenvalue weighted by Gasteiger charge is -2.06. The number of rotatable bonds is 5. The van der Waals surface area contributed by atoms with Crippen molar-refractivity contribution in [1.29, 1.82) is 0 Å². The van der Waals surface area contributed by atoms with Gasteiger partial charge < -0.3 is 10.4 Å². The third-order valence-electron chi connectivity index (χ3n) is 3.83. The van der Waals surface area contributed by atoms with Crippen molar-refractivity contribution in [2.24, 2.45) is 5.10 Å². The van der Waals surface area contributed by atoms with E-state index in [1.807, 2.05) is 24.3 Å². The van der Waals surface area contributed by atoms with Crippen LogP contribution in [0.15, 0.2) is 70.2 Å². The minimum atomic E-state index is -0.477. The van der Waals surface area contributed by atoms with Gasteiger partial charge in [0.1, 0.15) is 5.75 Å². The maximum Gasteiger partial charge on any atom is 0.259 e. The van der Waals surface area contributed by atoms with Crippen LogP contribution in [0.5, 0.6) is 5.75 Å². The average molecular weight is 426 g/mol. The smallest absolute Gasteiger partial charge is 0.259 e. The predicted molar refractivity (Wildman–Crippen MR) is 108 cm³/mol. The van der Waals surface area contributed by atoms with Gasteiger partial charge in [-0.3, -0.25) is 9.59 Å². The molecule has 6 nitrogen and oxygen atoms in total. The summed E-state index contributed by atoms with van der Waals surface area (Å²) in [5, 5.41) is 18.2. The number of aromatic hydroxyl groups is 1. The number of carbonyl (C=O) groups is 2. The van der Waals surface area contributed by atoms with Crippen molar-refractivity contribution in [2.75, 3.05) is 6.54 Å². The number of hydrazone groups is 1. The van der Waals surface area contributed by atoms with Crippen LogP contribution in [0.2, 0.25) is 0 Å². The third kappa shape index (κ3) is 4.71. The van der Waals surface area contributed by atoms with Crippen molar-refractivity contribution in [3.05, 3.63) is 76.3 Å². The fraction of sp³-hybridized carbons (Fsp3) is 0.0500. The molecule has 27 heavy (non-hydrogen) atoms. The SMILES string of the molecule is O=C(CNC(=O)c1cccc(Br)c1)NN=Cc1c(O)ccc2ccccc12. The lowest BCUT2D eigenvalue weighted by molar-refractivity contribution is -0.120. The van der Waals surface area contributed by atoms with Crippen LogP contribution in [0.3, 0.4) is 0 Å². The number of halogens is 1. The fourth-order valence-corrected chi connectivity index (χ4v) is 2.92. The van der Waals surface area contributed by atoms with Gasteiger partial charge >= 0.3 is 0 Å². The summed E-state index contributed by atoms with van der Waals surface area (Å²) in [6, 6.07) is 17.8. The molecule has 3 aromatic carbocycles. The Hall–Kier alpha value is -3.19.